The van der Waals surface area contributed by atoms with E-state index in [1.807, 2.05) is 7.05 Å². The van der Waals surface area contributed by atoms with Gasteiger partial charge in [0.15, 0.2) is 0 Å². The Morgan fingerprint density at radius 1 is 1.31 bits per heavy atom. The van der Waals surface area contributed by atoms with E-state index in [-0.39, 0.29) is 27.5 Å². The summed E-state index contributed by atoms with van der Waals surface area (Å²) in [6, 6.07) is 4.36. The maximum atomic E-state index is 12.9. The first-order valence-corrected chi connectivity index (χ1v) is 10.6. The number of halogens is 1. The summed E-state index contributed by atoms with van der Waals surface area (Å²) in [4.78, 5) is 14.4. The first kappa shape index (κ1) is 19.6. The lowest BCUT2D eigenvalue weighted by atomic mass is 10.2. The van der Waals surface area contributed by atoms with Gasteiger partial charge >= 0.3 is 0 Å². The molecule has 144 valence electrons. The molecule has 26 heavy (non-hydrogen) atoms. The quantitative estimate of drug-likeness (QED) is 0.801. The van der Waals surface area contributed by atoms with E-state index in [1.54, 1.807) is 0 Å². The van der Waals surface area contributed by atoms with Crippen molar-refractivity contribution >= 4 is 27.5 Å². The van der Waals surface area contributed by atoms with Crippen LogP contribution in [0.5, 0.6) is 0 Å². The van der Waals surface area contributed by atoms with Crippen molar-refractivity contribution in [1.29, 1.82) is 0 Å². The van der Waals surface area contributed by atoms with E-state index in [4.69, 9.17) is 16.3 Å². The van der Waals surface area contributed by atoms with E-state index in [0.717, 1.165) is 19.4 Å². The molecular formula is C17H24ClN3O4S. The monoisotopic (exact) mass is 401 g/mol. The van der Waals surface area contributed by atoms with Crippen molar-refractivity contribution in [2.24, 2.45) is 0 Å². The maximum absolute atomic E-state index is 12.9. The SMILES string of the molecule is CN1CCN(S(=O)(=O)c2cc(C(=O)NC[C@@H]3CCCO3)ccc2Cl)CC1. The molecule has 0 unspecified atom stereocenters. The van der Waals surface area contributed by atoms with Crippen LogP contribution >= 0.6 is 11.6 Å². The molecule has 1 aromatic rings. The molecule has 9 heteroatoms. The molecule has 1 atom stereocenters. The van der Waals surface area contributed by atoms with Gasteiger partial charge in [0, 0.05) is 44.9 Å². The molecule has 3 rings (SSSR count). The Hall–Kier alpha value is -1.19. The minimum absolute atomic E-state index is 0.0199. The van der Waals surface area contributed by atoms with Crippen LogP contribution in [-0.4, -0.2) is 76.0 Å². The van der Waals surface area contributed by atoms with E-state index in [2.05, 4.69) is 10.2 Å². The zero-order valence-corrected chi connectivity index (χ0v) is 16.4. The van der Waals surface area contributed by atoms with Crippen LogP contribution in [0.2, 0.25) is 5.02 Å². The number of nitrogens with one attached hydrogen (secondary N) is 1. The molecule has 2 fully saturated rings. The Labute approximate surface area is 159 Å². The predicted molar refractivity (Wildman–Crippen MR) is 99.0 cm³/mol. The van der Waals surface area contributed by atoms with Crippen molar-refractivity contribution in [3.8, 4) is 0 Å². The van der Waals surface area contributed by atoms with Gasteiger partial charge in [0.1, 0.15) is 4.90 Å². The van der Waals surface area contributed by atoms with Crippen molar-refractivity contribution < 1.29 is 17.9 Å². The van der Waals surface area contributed by atoms with Crippen molar-refractivity contribution in [3.05, 3.63) is 28.8 Å². The summed E-state index contributed by atoms with van der Waals surface area (Å²) in [5.74, 6) is -0.327. The molecule has 0 aromatic heterocycles. The molecule has 0 saturated carbocycles. The molecule has 2 saturated heterocycles. The predicted octanol–water partition coefficient (Wildman–Crippen LogP) is 1.18. The number of carbonyl (C=O) groups excluding carboxylic acids is 1. The van der Waals surface area contributed by atoms with Crippen LogP contribution in [0.3, 0.4) is 0 Å². The van der Waals surface area contributed by atoms with Gasteiger partial charge in [0.2, 0.25) is 10.0 Å². The number of sulfonamides is 1. The van der Waals surface area contributed by atoms with E-state index < -0.39 is 10.0 Å². The molecule has 1 amide bonds. The fourth-order valence-electron chi connectivity index (χ4n) is 3.12. The molecule has 0 aliphatic carbocycles. The number of likely N-dealkylation sites (N-methyl/N-ethyl adjacent to an activating group) is 1. The standard InChI is InChI=1S/C17H24ClN3O4S/c1-20-6-8-21(9-7-20)26(23,24)16-11-13(4-5-15(16)18)17(22)19-12-14-3-2-10-25-14/h4-5,11,14H,2-3,6-10,12H2,1H3,(H,19,22)/t14-/m0/s1. The van der Waals surface area contributed by atoms with Gasteiger partial charge < -0.3 is 15.0 Å². The van der Waals surface area contributed by atoms with Crippen LogP contribution in [0, 0.1) is 0 Å². The van der Waals surface area contributed by atoms with E-state index in [1.165, 1.54) is 22.5 Å². The van der Waals surface area contributed by atoms with Gasteiger partial charge in [0.05, 0.1) is 11.1 Å². The van der Waals surface area contributed by atoms with E-state index >= 15 is 0 Å². The minimum atomic E-state index is -3.73. The minimum Gasteiger partial charge on any atom is -0.376 e. The van der Waals surface area contributed by atoms with Crippen LogP contribution < -0.4 is 5.32 Å². The lowest BCUT2D eigenvalue weighted by Crippen LogP contribution is -2.47. The number of hydrogen-bond acceptors (Lipinski definition) is 5. The summed E-state index contributed by atoms with van der Waals surface area (Å²) in [5, 5.41) is 2.93. The summed E-state index contributed by atoms with van der Waals surface area (Å²) >= 11 is 6.15. The second-order valence-corrected chi connectivity index (χ2v) is 9.01. The molecule has 0 bridgehead atoms. The summed E-state index contributed by atoms with van der Waals surface area (Å²) < 4.78 is 32.8. The number of ether oxygens (including phenoxy) is 1. The van der Waals surface area contributed by atoms with Gasteiger partial charge in [-0.25, -0.2) is 8.42 Å². The second-order valence-electron chi connectivity index (χ2n) is 6.70. The summed E-state index contributed by atoms with van der Waals surface area (Å²) in [5.41, 5.74) is 0.278. The summed E-state index contributed by atoms with van der Waals surface area (Å²) in [7, 11) is -1.78. The lowest BCUT2D eigenvalue weighted by molar-refractivity contribution is 0.0857. The van der Waals surface area contributed by atoms with E-state index in [0.29, 0.717) is 32.7 Å². The van der Waals surface area contributed by atoms with Gasteiger partial charge in [-0.1, -0.05) is 11.6 Å². The highest BCUT2D eigenvalue weighted by molar-refractivity contribution is 7.89. The average molecular weight is 402 g/mol. The van der Waals surface area contributed by atoms with Gasteiger partial charge in [-0.05, 0) is 38.1 Å². The number of amides is 1. The lowest BCUT2D eigenvalue weighted by Gasteiger charge is -2.31. The Bertz CT molecular complexity index is 757. The Balaban J connectivity index is 1.75. The maximum Gasteiger partial charge on any atom is 0.251 e. The number of benzene rings is 1. The zero-order valence-electron chi connectivity index (χ0n) is 14.8. The van der Waals surface area contributed by atoms with Gasteiger partial charge in [-0.15, -0.1) is 0 Å². The molecule has 2 aliphatic rings. The smallest absolute Gasteiger partial charge is 0.251 e. The number of rotatable bonds is 5. The highest BCUT2D eigenvalue weighted by atomic mass is 35.5. The highest BCUT2D eigenvalue weighted by Crippen LogP contribution is 2.26. The first-order valence-electron chi connectivity index (χ1n) is 8.76. The molecule has 2 aliphatic heterocycles. The third-order valence-electron chi connectivity index (χ3n) is 4.79. The summed E-state index contributed by atoms with van der Waals surface area (Å²) in [6.07, 6.45) is 1.94. The normalized spacial score (nSPS) is 22.5. The third-order valence-corrected chi connectivity index (χ3v) is 7.17. The molecule has 7 nitrogen and oxygen atoms in total. The number of carbonyl (C=O) groups is 1. The third kappa shape index (κ3) is 4.37. The topological polar surface area (TPSA) is 79.0 Å². The van der Waals surface area contributed by atoms with Gasteiger partial charge in [-0.2, -0.15) is 4.31 Å². The van der Waals surface area contributed by atoms with Gasteiger partial charge in [-0.3, -0.25) is 4.79 Å². The van der Waals surface area contributed by atoms with Crippen molar-refractivity contribution in [2.75, 3.05) is 46.4 Å². The number of hydrogen-bond donors (Lipinski definition) is 1. The van der Waals surface area contributed by atoms with E-state index in [9.17, 15) is 13.2 Å². The molecular weight excluding hydrogens is 378 g/mol. The highest BCUT2D eigenvalue weighted by Gasteiger charge is 2.30. The Morgan fingerprint density at radius 3 is 2.69 bits per heavy atom. The number of nitrogens with zero attached hydrogens (tertiary/aromatic N) is 2. The van der Waals surface area contributed by atoms with Gasteiger partial charge in [0.25, 0.3) is 5.91 Å². The zero-order chi connectivity index (χ0) is 18.7. The molecule has 1 aromatic carbocycles. The number of piperazine rings is 1. The van der Waals surface area contributed by atoms with Crippen LogP contribution in [0.15, 0.2) is 23.1 Å². The van der Waals surface area contributed by atoms with Crippen LogP contribution in [0.1, 0.15) is 23.2 Å². The second kappa shape index (κ2) is 8.22. The van der Waals surface area contributed by atoms with Crippen LogP contribution in [0.25, 0.3) is 0 Å². The van der Waals surface area contributed by atoms with Crippen molar-refractivity contribution in [1.82, 2.24) is 14.5 Å². The Morgan fingerprint density at radius 2 is 2.04 bits per heavy atom. The van der Waals surface area contributed by atoms with Crippen molar-refractivity contribution in [3.63, 3.8) is 0 Å². The average Bonchev–Trinajstić information content (AvgIpc) is 3.14. The molecule has 2 heterocycles. The first-order chi connectivity index (χ1) is 12.4. The Kier molecular flexibility index (Phi) is 6.19. The fourth-order valence-corrected chi connectivity index (χ4v) is 5.05. The summed E-state index contributed by atoms with van der Waals surface area (Å²) in [6.45, 7) is 3.28. The molecule has 0 spiro atoms. The molecule has 1 N–H and O–H groups in total. The van der Waals surface area contributed by atoms with Crippen molar-refractivity contribution in [2.45, 2.75) is 23.8 Å². The van der Waals surface area contributed by atoms with Crippen LogP contribution in [0.4, 0.5) is 0 Å². The largest absolute Gasteiger partial charge is 0.376 e. The fraction of sp³-hybridized carbons (Fsp3) is 0.588. The molecule has 0 radical (unpaired) electrons. The van der Waals surface area contributed by atoms with Crippen LogP contribution in [-0.2, 0) is 14.8 Å².